The first-order valence-corrected chi connectivity index (χ1v) is 15.1. The molecule has 4 rings (SSSR count). The van der Waals surface area contributed by atoms with Crippen LogP contribution in [-0.2, 0) is 54.9 Å². The number of nitrogens with one attached hydrogen (secondary N) is 1. The van der Waals surface area contributed by atoms with Gasteiger partial charge >= 0.3 is 5.97 Å². The molecule has 0 heterocycles. The van der Waals surface area contributed by atoms with Gasteiger partial charge in [-0.25, -0.2) is 0 Å². The summed E-state index contributed by atoms with van der Waals surface area (Å²) in [7, 11) is 1.39. The maximum absolute atomic E-state index is 11.8. The van der Waals surface area contributed by atoms with E-state index in [2.05, 4.69) is 5.32 Å². The molecule has 0 fully saturated rings. The molecule has 4 aromatic rings. The summed E-state index contributed by atoms with van der Waals surface area (Å²) in [5, 5.41) is 3.37. The first-order valence-electron chi connectivity index (χ1n) is 15.1. The Labute approximate surface area is 261 Å². The van der Waals surface area contributed by atoms with Gasteiger partial charge in [-0.2, -0.15) is 0 Å². The fraction of sp³-hybridized carbons (Fsp3) is 0.324. The normalized spacial score (nSPS) is 13.2. The second-order valence-electron chi connectivity index (χ2n) is 10.5. The minimum atomic E-state index is -0.496. The van der Waals surface area contributed by atoms with Crippen LogP contribution in [0.3, 0.4) is 0 Å². The van der Waals surface area contributed by atoms with Gasteiger partial charge in [0.1, 0.15) is 12.2 Å². The van der Waals surface area contributed by atoms with Crippen LogP contribution in [-0.4, -0.2) is 51.1 Å². The van der Waals surface area contributed by atoms with E-state index in [-0.39, 0.29) is 12.4 Å². The van der Waals surface area contributed by atoms with Crippen molar-refractivity contribution in [2.24, 2.45) is 0 Å². The molecule has 0 spiro atoms. The van der Waals surface area contributed by atoms with Crippen molar-refractivity contribution < 1.29 is 28.5 Å². The lowest BCUT2D eigenvalue weighted by molar-refractivity contribution is -0.167. The standard InChI is InChI=1S/C37H43NO6/c1-40-36(39)22-23-38-24-34(42-26-31-16-8-3-9-17-31)37(44-28-33-20-12-5-13-21-33)35(43-27-32-18-10-4-11-19-32)29-41-25-30-14-6-2-7-15-30/h2-21,34-35,37-38H,22-29H2,1H3/t34-,35+,37-/m0/s1. The molecule has 3 atom stereocenters. The Morgan fingerprint density at radius 3 is 1.50 bits per heavy atom. The number of benzene rings is 4. The van der Waals surface area contributed by atoms with Crippen molar-refractivity contribution in [3.8, 4) is 0 Å². The molecule has 232 valence electrons. The van der Waals surface area contributed by atoms with Gasteiger partial charge in [-0.3, -0.25) is 4.79 Å². The summed E-state index contributed by atoms with van der Waals surface area (Å²) in [4.78, 5) is 11.8. The van der Waals surface area contributed by atoms with Crippen LogP contribution in [0, 0.1) is 0 Å². The summed E-state index contributed by atoms with van der Waals surface area (Å²) in [5.41, 5.74) is 4.23. The highest BCUT2D eigenvalue weighted by Gasteiger charge is 2.33. The molecule has 0 amide bonds. The second-order valence-corrected chi connectivity index (χ2v) is 10.5. The van der Waals surface area contributed by atoms with Crippen LogP contribution in [0.15, 0.2) is 121 Å². The number of methoxy groups -OCH3 is 1. The lowest BCUT2D eigenvalue weighted by atomic mass is 10.1. The van der Waals surface area contributed by atoms with Gasteiger partial charge in [0.15, 0.2) is 0 Å². The Bertz CT molecular complexity index is 1310. The third-order valence-corrected chi connectivity index (χ3v) is 7.10. The van der Waals surface area contributed by atoms with E-state index in [1.165, 1.54) is 7.11 Å². The van der Waals surface area contributed by atoms with Gasteiger partial charge in [0.2, 0.25) is 0 Å². The van der Waals surface area contributed by atoms with E-state index in [1.54, 1.807) is 0 Å². The number of hydrogen-bond acceptors (Lipinski definition) is 7. The van der Waals surface area contributed by atoms with E-state index >= 15 is 0 Å². The quantitative estimate of drug-likeness (QED) is 0.0973. The monoisotopic (exact) mass is 597 g/mol. The van der Waals surface area contributed by atoms with Crippen molar-refractivity contribution in [3.05, 3.63) is 144 Å². The minimum Gasteiger partial charge on any atom is -0.469 e. The Kier molecular flexibility index (Phi) is 14.6. The molecule has 0 bridgehead atoms. The van der Waals surface area contributed by atoms with Crippen LogP contribution >= 0.6 is 0 Å². The van der Waals surface area contributed by atoms with E-state index < -0.39 is 18.3 Å². The van der Waals surface area contributed by atoms with Crippen molar-refractivity contribution in [3.63, 3.8) is 0 Å². The summed E-state index contributed by atoms with van der Waals surface area (Å²) in [6.45, 7) is 2.80. The molecule has 0 aliphatic rings. The van der Waals surface area contributed by atoms with E-state index in [4.69, 9.17) is 23.7 Å². The van der Waals surface area contributed by atoms with Gasteiger partial charge in [0, 0.05) is 13.1 Å². The van der Waals surface area contributed by atoms with E-state index in [0.29, 0.717) is 46.1 Å². The Morgan fingerprint density at radius 2 is 1.02 bits per heavy atom. The molecular formula is C37H43NO6. The molecule has 0 unspecified atom stereocenters. The zero-order valence-electron chi connectivity index (χ0n) is 25.4. The van der Waals surface area contributed by atoms with Crippen molar-refractivity contribution >= 4 is 5.97 Å². The maximum Gasteiger partial charge on any atom is 0.306 e. The average Bonchev–Trinajstić information content (AvgIpc) is 3.08. The molecule has 0 aliphatic heterocycles. The lowest BCUT2D eigenvalue weighted by Crippen LogP contribution is -2.49. The lowest BCUT2D eigenvalue weighted by Gasteiger charge is -2.34. The molecule has 0 aromatic heterocycles. The van der Waals surface area contributed by atoms with Crippen LogP contribution < -0.4 is 5.32 Å². The summed E-state index contributed by atoms with van der Waals surface area (Å²) < 4.78 is 30.9. The molecule has 0 aliphatic carbocycles. The Hall–Kier alpha value is -3.85. The smallest absolute Gasteiger partial charge is 0.306 e. The van der Waals surface area contributed by atoms with Crippen molar-refractivity contribution in [2.45, 2.75) is 51.2 Å². The van der Waals surface area contributed by atoms with Crippen LogP contribution in [0.5, 0.6) is 0 Å². The molecule has 0 radical (unpaired) electrons. The van der Waals surface area contributed by atoms with Crippen molar-refractivity contribution in [1.82, 2.24) is 5.32 Å². The predicted molar refractivity (Wildman–Crippen MR) is 171 cm³/mol. The number of ether oxygens (including phenoxy) is 5. The van der Waals surface area contributed by atoms with Gasteiger partial charge in [-0.1, -0.05) is 121 Å². The molecule has 7 nitrogen and oxygen atoms in total. The summed E-state index contributed by atoms with van der Waals surface area (Å²) in [6.07, 6.45) is -1.11. The molecule has 1 N–H and O–H groups in total. The van der Waals surface area contributed by atoms with Crippen molar-refractivity contribution in [1.29, 1.82) is 0 Å². The van der Waals surface area contributed by atoms with Crippen LogP contribution in [0.2, 0.25) is 0 Å². The Morgan fingerprint density at radius 1 is 0.591 bits per heavy atom. The largest absolute Gasteiger partial charge is 0.469 e. The van der Waals surface area contributed by atoms with Crippen LogP contribution in [0.1, 0.15) is 28.7 Å². The highest BCUT2D eigenvalue weighted by Crippen LogP contribution is 2.20. The topological polar surface area (TPSA) is 75.3 Å². The highest BCUT2D eigenvalue weighted by molar-refractivity contribution is 5.69. The van der Waals surface area contributed by atoms with E-state index in [9.17, 15) is 4.79 Å². The average molecular weight is 598 g/mol. The van der Waals surface area contributed by atoms with E-state index in [1.807, 2.05) is 121 Å². The van der Waals surface area contributed by atoms with Gasteiger partial charge in [-0.15, -0.1) is 0 Å². The number of hydrogen-bond donors (Lipinski definition) is 1. The third kappa shape index (κ3) is 12.0. The minimum absolute atomic E-state index is 0.256. The fourth-order valence-corrected chi connectivity index (χ4v) is 4.69. The molecule has 44 heavy (non-hydrogen) atoms. The Balaban J connectivity index is 1.56. The number of esters is 1. The van der Waals surface area contributed by atoms with Crippen LogP contribution in [0.4, 0.5) is 0 Å². The molecule has 4 aromatic carbocycles. The maximum atomic E-state index is 11.8. The number of rotatable bonds is 20. The fourth-order valence-electron chi connectivity index (χ4n) is 4.69. The first-order chi connectivity index (χ1) is 21.7. The summed E-state index contributed by atoms with van der Waals surface area (Å²) in [6, 6.07) is 40.3. The predicted octanol–water partition coefficient (Wildman–Crippen LogP) is 6.11. The summed E-state index contributed by atoms with van der Waals surface area (Å²) >= 11 is 0. The van der Waals surface area contributed by atoms with E-state index in [0.717, 1.165) is 22.3 Å². The summed E-state index contributed by atoms with van der Waals surface area (Å²) in [5.74, 6) is -0.269. The zero-order chi connectivity index (χ0) is 30.7. The first kappa shape index (κ1) is 33.1. The van der Waals surface area contributed by atoms with Gasteiger partial charge in [0.05, 0.1) is 52.7 Å². The SMILES string of the molecule is COC(=O)CCNC[C@H](OCc1ccccc1)[C@H](OCc1ccccc1)[C@@H](COCc1ccccc1)OCc1ccccc1. The highest BCUT2D eigenvalue weighted by atomic mass is 16.6. The second kappa shape index (κ2) is 19.4. The molecule has 0 saturated heterocycles. The van der Waals surface area contributed by atoms with Crippen molar-refractivity contribution in [2.75, 3.05) is 26.8 Å². The van der Waals surface area contributed by atoms with Gasteiger partial charge in [0.25, 0.3) is 0 Å². The molecule has 7 heteroatoms. The van der Waals surface area contributed by atoms with Gasteiger partial charge < -0.3 is 29.0 Å². The van der Waals surface area contributed by atoms with Gasteiger partial charge in [-0.05, 0) is 22.3 Å². The van der Waals surface area contributed by atoms with Crippen LogP contribution in [0.25, 0.3) is 0 Å². The third-order valence-electron chi connectivity index (χ3n) is 7.10. The molecule has 0 saturated carbocycles. The number of carbonyl (C=O) groups excluding carboxylic acids is 1. The molecular weight excluding hydrogens is 554 g/mol. The number of carbonyl (C=O) groups is 1. The zero-order valence-corrected chi connectivity index (χ0v) is 25.4.